The van der Waals surface area contributed by atoms with Crippen molar-refractivity contribution in [1.29, 1.82) is 0 Å². The zero-order valence-electron chi connectivity index (χ0n) is 17.0. The van der Waals surface area contributed by atoms with Gasteiger partial charge in [-0.2, -0.15) is 10.2 Å². The zero-order chi connectivity index (χ0) is 22.2. The summed E-state index contributed by atoms with van der Waals surface area (Å²) in [4.78, 5) is 25.5. The minimum Gasteiger partial charge on any atom is -0.459 e. The van der Waals surface area contributed by atoms with Gasteiger partial charge in [0.05, 0.1) is 17.6 Å². The molecule has 1 atom stereocenters. The van der Waals surface area contributed by atoms with Gasteiger partial charge in [0.15, 0.2) is 11.9 Å². The number of carbonyl (C=O) groups excluding carboxylic acids is 2. The van der Waals surface area contributed by atoms with Crippen LogP contribution in [-0.2, 0) is 0 Å². The number of nitrogens with zero attached hydrogens (tertiary/aromatic N) is 2. The fourth-order valence-corrected chi connectivity index (χ4v) is 2.95. The Bertz CT molecular complexity index is 1190. The molecule has 4 aromatic rings. The summed E-state index contributed by atoms with van der Waals surface area (Å²) in [7, 11) is 0. The number of Topliss-reactive ketones (excluding diaryl/α,β-unsaturated/α-hetero) is 1. The highest BCUT2D eigenvalue weighted by Crippen LogP contribution is 2.21. The molecule has 3 aromatic carbocycles. The Morgan fingerprint density at radius 1 is 0.719 bits per heavy atom. The Morgan fingerprint density at radius 3 is 1.97 bits per heavy atom. The van der Waals surface area contributed by atoms with E-state index in [1.807, 2.05) is 36.4 Å². The van der Waals surface area contributed by atoms with Crippen LogP contribution in [0.3, 0.4) is 0 Å². The minimum atomic E-state index is -0.994. The van der Waals surface area contributed by atoms with Crippen LogP contribution in [0.5, 0.6) is 0 Å². The molecule has 0 aliphatic rings. The molecule has 1 heterocycles. The second kappa shape index (κ2) is 9.99. The molecular weight excluding hydrogens is 404 g/mol. The van der Waals surface area contributed by atoms with Gasteiger partial charge in [-0.1, -0.05) is 48.5 Å². The SMILES string of the molecule is O=C(NC(Nc1ccc(N=Nc2ccccc2)cc1)C(=O)c1ccccc1)c1ccco1. The van der Waals surface area contributed by atoms with E-state index in [9.17, 15) is 9.59 Å². The van der Waals surface area contributed by atoms with Crippen molar-refractivity contribution < 1.29 is 14.0 Å². The van der Waals surface area contributed by atoms with E-state index in [4.69, 9.17) is 4.42 Å². The van der Waals surface area contributed by atoms with E-state index in [1.54, 1.807) is 54.6 Å². The standard InChI is InChI=1S/C25H20N4O3/c30-23(18-8-3-1-4-9-18)24(27-25(31)22-12-7-17-32-22)26-19-13-15-21(16-14-19)29-28-20-10-5-2-6-11-20/h1-17,24,26H,(H,27,31). The third-order valence-electron chi connectivity index (χ3n) is 4.56. The van der Waals surface area contributed by atoms with E-state index in [0.29, 0.717) is 16.9 Å². The van der Waals surface area contributed by atoms with E-state index < -0.39 is 12.1 Å². The Kier molecular flexibility index (Phi) is 6.48. The van der Waals surface area contributed by atoms with Gasteiger partial charge >= 0.3 is 0 Å². The van der Waals surface area contributed by atoms with Crippen molar-refractivity contribution in [3.05, 3.63) is 115 Å². The van der Waals surface area contributed by atoms with Crippen molar-refractivity contribution in [3.8, 4) is 0 Å². The van der Waals surface area contributed by atoms with Gasteiger partial charge in [0.1, 0.15) is 0 Å². The topological polar surface area (TPSA) is 96.1 Å². The van der Waals surface area contributed by atoms with Crippen LogP contribution in [0.25, 0.3) is 0 Å². The number of carbonyl (C=O) groups is 2. The Morgan fingerprint density at radius 2 is 1.34 bits per heavy atom. The molecule has 1 unspecified atom stereocenters. The highest BCUT2D eigenvalue weighted by atomic mass is 16.3. The van der Waals surface area contributed by atoms with Crippen molar-refractivity contribution in [2.75, 3.05) is 5.32 Å². The molecule has 0 radical (unpaired) electrons. The normalized spacial score (nSPS) is 11.8. The lowest BCUT2D eigenvalue weighted by molar-refractivity contribution is 0.0853. The number of ketones is 1. The van der Waals surface area contributed by atoms with E-state index in [1.165, 1.54) is 12.3 Å². The number of nitrogens with one attached hydrogen (secondary N) is 2. The van der Waals surface area contributed by atoms with Gasteiger partial charge in [0.25, 0.3) is 5.91 Å². The summed E-state index contributed by atoms with van der Waals surface area (Å²) in [5.74, 6) is -0.655. The molecule has 158 valence electrons. The van der Waals surface area contributed by atoms with E-state index in [0.717, 1.165) is 5.69 Å². The molecule has 32 heavy (non-hydrogen) atoms. The number of furan rings is 1. The van der Waals surface area contributed by atoms with Crippen molar-refractivity contribution in [2.24, 2.45) is 10.2 Å². The second-order valence-corrected chi connectivity index (χ2v) is 6.84. The quantitative estimate of drug-likeness (QED) is 0.214. The average Bonchev–Trinajstić information content (AvgIpc) is 3.39. The predicted octanol–water partition coefficient (Wildman–Crippen LogP) is 5.75. The van der Waals surface area contributed by atoms with Crippen LogP contribution < -0.4 is 10.6 Å². The molecule has 2 N–H and O–H groups in total. The lowest BCUT2D eigenvalue weighted by Gasteiger charge is -2.20. The Balaban J connectivity index is 1.50. The monoisotopic (exact) mass is 424 g/mol. The molecule has 1 aromatic heterocycles. The van der Waals surface area contributed by atoms with Gasteiger partial charge in [0, 0.05) is 11.3 Å². The summed E-state index contributed by atoms with van der Waals surface area (Å²) in [6.45, 7) is 0. The summed E-state index contributed by atoms with van der Waals surface area (Å²) < 4.78 is 5.14. The molecule has 0 bridgehead atoms. The average molecular weight is 424 g/mol. The lowest BCUT2D eigenvalue weighted by atomic mass is 10.1. The van der Waals surface area contributed by atoms with E-state index in [-0.39, 0.29) is 11.5 Å². The molecule has 7 nitrogen and oxygen atoms in total. The molecule has 0 spiro atoms. The number of amides is 1. The predicted molar refractivity (Wildman–Crippen MR) is 121 cm³/mol. The molecule has 0 saturated carbocycles. The van der Waals surface area contributed by atoms with Crippen LogP contribution in [0.1, 0.15) is 20.9 Å². The van der Waals surface area contributed by atoms with E-state index in [2.05, 4.69) is 20.9 Å². The highest BCUT2D eigenvalue weighted by molar-refractivity contribution is 6.04. The molecule has 7 heteroatoms. The minimum absolute atomic E-state index is 0.120. The fraction of sp³-hybridized carbons (Fsp3) is 0.0400. The van der Waals surface area contributed by atoms with Gasteiger partial charge in [0.2, 0.25) is 5.78 Å². The van der Waals surface area contributed by atoms with Crippen molar-refractivity contribution in [3.63, 3.8) is 0 Å². The first kappa shape index (κ1) is 20.7. The summed E-state index contributed by atoms with van der Waals surface area (Å²) in [5.41, 5.74) is 2.52. The summed E-state index contributed by atoms with van der Waals surface area (Å²) in [6.07, 6.45) is 0.408. The van der Waals surface area contributed by atoms with Crippen LogP contribution in [0.4, 0.5) is 17.1 Å². The first-order valence-electron chi connectivity index (χ1n) is 9.96. The zero-order valence-corrected chi connectivity index (χ0v) is 17.0. The molecule has 1 amide bonds. The molecule has 0 saturated heterocycles. The summed E-state index contributed by atoms with van der Waals surface area (Å²) in [6, 6.07) is 28.4. The van der Waals surface area contributed by atoms with Gasteiger partial charge in [-0.05, 0) is 48.5 Å². The second-order valence-electron chi connectivity index (χ2n) is 6.84. The van der Waals surface area contributed by atoms with E-state index >= 15 is 0 Å². The number of benzene rings is 3. The van der Waals surface area contributed by atoms with Gasteiger partial charge < -0.3 is 15.1 Å². The third-order valence-corrected chi connectivity index (χ3v) is 4.56. The highest BCUT2D eigenvalue weighted by Gasteiger charge is 2.23. The molecule has 0 aliphatic heterocycles. The number of hydrogen-bond donors (Lipinski definition) is 2. The molecule has 0 aliphatic carbocycles. The van der Waals surface area contributed by atoms with Crippen LogP contribution >= 0.6 is 0 Å². The largest absolute Gasteiger partial charge is 0.459 e. The number of azo groups is 1. The first-order valence-corrected chi connectivity index (χ1v) is 9.96. The number of rotatable bonds is 8. The Hall–Kier alpha value is -4.52. The summed E-state index contributed by atoms with van der Waals surface area (Å²) in [5, 5.41) is 14.2. The maximum atomic E-state index is 13.0. The van der Waals surface area contributed by atoms with Crippen LogP contribution in [-0.4, -0.2) is 17.9 Å². The molecule has 0 fully saturated rings. The van der Waals surface area contributed by atoms with Crippen molar-refractivity contribution >= 4 is 28.8 Å². The van der Waals surface area contributed by atoms with Crippen molar-refractivity contribution in [2.45, 2.75) is 6.17 Å². The van der Waals surface area contributed by atoms with Gasteiger partial charge in [-0.25, -0.2) is 0 Å². The van der Waals surface area contributed by atoms with Crippen LogP contribution in [0.15, 0.2) is 118 Å². The maximum Gasteiger partial charge on any atom is 0.288 e. The Labute approximate surface area is 184 Å². The third kappa shape index (κ3) is 5.34. The van der Waals surface area contributed by atoms with Crippen LogP contribution in [0, 0.1) is 0 Å². The number of anilines is 1. The van der Waals surface area contributed by atoms with Gasteiger partial charge in [-0.15, -0.1) is 0 Å². The fourth-order valence-electron chi connectivity index (χ4n) is 2.95. The molecule has 4 rings (SSSR count). The van der Waals surface area contributed by atoms with Gasteiger partial charge in [-0.3, -0.25) is 9.59 Å². The molecular formula is C25H20N4O3. The van der Waals surface area contributed by atoms with Crippen LogP contribution in [0.2, 0.25) is 0 Å². The van der Waals surface area contributed by atoms with Crippen molar-refractivity contribution in [1.82, 2.24) is 5.32 Å². The number of hydrogen-bond acceptors (Lipinski definition) is 6. The summed E-state index contributed by atoms with van der Waals surface area (Å²) >= 11 is 0. The smallest absolute Gasteiger partial charge is 0.288 e. The lowest BCUT2D eigenvalue weighted by Crippen LogP contribution is -2.46. The first-order chi connectivity index (χ1) is 15.7. The maximum absolute atomic E-state index is 13.0.